The van der Waals surface area contributed by atoms with Crippen molar-refractivity contribution in [1.29, 1.82) is 0 Å². The van der Waals surface area contributed by atoms with Crippen LogP contribution in [0.4, 0.5) is 11.4 Å². The number of imide groups is 2. The molecule has 6 unspecified atom stereocenters. The zero-order chi connectivity index (χ0) is 34.2. The number of amides is 4. The molecule has 2 heterocycles. The van der Waals surface area contributed by atoms with E-state index in [9.17, 15) is 19.5 Å². The number of nitrogens with one attached hydrogen (secondary N) is 1. The number of aryl methyl sites for hydroxylation is 1. The van der Waals surface area contributed by atoms with E-state index in [1.54, 1.807) is 42.5 Å². The quantitative estimate of drug-likeness (QED) is 0.165. The first-order valence-electron chi connectivity index (χ1n) is 16.2. The third-order valence-corrected chi connectivity index (χ3v) is 11.5. The lowest BCUT2D eigenvalue weighted by Gasteiger charge is -2.50. The molecule has 4 aliphatic rings. The summed E-state index contributed by atoms with van der Waals surface area (Å²) in [5.41, 5.74) is 5.53. The number of phenols is 1. The summed E-state index contributed by atoms with van der Waals surface area (Å²) in [5.74, 6) is -5.24. The minimum Gasteiger partial charge on any atom is -0.508 e. The Morgan fingerprint density at radius 1 is 0.857 bits per heavy atom. The maximum absolute atomic E-state index is 15.2. The van der Waals surface area contributed by atoms with Gasteiger partial charge in [0.05, 0.1) is 34.5 Å². The highest BCUT2D eigenvalue weighted by molar-refractivity contribution is 9.10. The van der Waals surface area contributed by atoms with E-state index >= 15 is 4.79 Å². The topological polar surface area (TPSA) is 107 Å². The van der Waals surface area contributed by atoms with Gasteiger partial charge in [0, 0.05) is 21.0 Å². The van der Waals surface area contributed by atoms with Crippen molar-refractivity contribution in [2.45, 2.75) is 31.1 Å². The molecule has 2 N–H and O–H groups in total. The molecule has 4 aromatic carbocycles. The van der Waals surface area contributed by atoms with E-state index in [1.165, 1.54) is 4.90 Å². The third-order valence-electron chi connectivity index (χ3n) is 10.8. The molecule has 2 aliphatic carbocycles. The van der Waals surface area contributed by atoms with E-state index in [2.05, 4.69) is 21.4 Å². The number of carbonyl (C=O) groups excluding carboxylic acids is 4. The molecule has 0 spiro atoms. The normalized spacial score (nSPS) is 27.5. The summed E-state index contributed by atoms with van der Waals surface area (Å²) in [4.78, 5) is 59.5. The number of hydrazine groups is 1. The fourth-order valence-corrected chi connectivity index (χ4v) is 9.20. The molecule has 2 saturated heterocycles. The first kappa shape index (κ1) is 31.5. The molecular formula is C39H31BrClN3O5. The summed E-state index contributed by atoms with van der Waals surface area (Å²) in [6.07, 6.45) is 2.42. The maximum atomic E-state index is 15.2. The number of nitrogens with zero attached hydrogens (tertiary/aromatic N) is 2. The third kappa shape index (κ3) is 4.70. The Labute approximate surface area is 296 Å². The van der Waals surface area contributed by atoms with Crippen LogP contribution in [0.1, 0.15) is 35.4 Å². The standard InChI is InChI=1S/C39H31BrClN3O5/c1-21-7-12-25(13-8-21)42-44-36(47)31-20-29-27(16-17-28-33(29)37(48)43(35(28)46)26-14-10-24(41)11-15-26)34(30-19-23(40)9-18-32(30)45)39(31,38(44)49)22-5-3-2-4-6-22/h2-16,18-19,28-29,31,33-34,42,45H,17,20H2,1H3. The molecule has 246 valence electrons. The number of aromatic hydroxyl groups is 1. The average molecular weight is 737 g/mol. The molecular weight excluding hydrogens is 706 g/mol. The highest BCUT2D eigenvalue weighted by Crippen LogP contribution is 2.65. The van der Waals surface area contributed by atoms with Crippen LogP contribution in [0.25, 0.3) is 0 Å². The van der Waals surface area contributed by atoms with Gasteiger partial charge in [0.2, 0.25) is 11.8 Å². The number of benzene rings is 4. The summed E-state index contributed by atoms with van der Waals surface area (Å²) in [7, 11) is 0. The van der Waals surface area contributed by atoms with Crippen LogP contribution < -0.4 is 10.3 Å². The van der Waals surface area contributed by atoms with E-state index in [4.69, 9.17) is 11.6 Å². The molecule has 0 bridgehead atoms. The number of phenolic OH excluding ortho intramolecular Hbond substituents is 1. The van der Waals surface area contributed by atoms with Gasteiger partial charge in [0.15, 0.2) is 0 Å². The fourth-order valence-electron chi connectivity index (χ4n) is 8.69. The smallest absolute Gasteiger partial charge is 0.260 e. The SMILES string of the molecule is Cc1ccc(NN2C(=O)C3CC4C(=CCC5C(=O)N(c6ccc(Cl)cc6)C(=O)C54)C(c4cc(Br)ccc4O)C3(c3ccccc3)C2=O)cc1. The van der Waals surface area contributed by atoms with Crippen LogP contribution >= 0.6 is 27.5 Å². The van der Waals surface area contributed by atoms with Crippen LogP contribution in [0.15, 0.2) is 113 Å². The van der Waals surface area contributed by atoms with Gasteiger partial charge in [0.25, 0.3) is 11.8 Å². The van der Waals surface area contributed by atoms with Gasteiger partial charge < -0.3 is 5.11 Å². The van der Waals surface area contributed by atoms with Crippen LogP contribution in [0.2, 0.25) is 5.02 Å². The maximum Gasteiger partial charge on any atom is 0.260 e. The second-order valence-electron chi connectivity index (χ2n) is 13.3. The monoisotopic (exact) mass is 735 g/mol. The van der Waals surface area contributed by atoms with Crippen LogP contribution in [0.5, 0.6) is 5.75 Å². The van der Waals surface area contributed by atoms with Gasteiger partial charge in [-0.25, -0.2) is 0 Å². The molecule has 49 heavy (non-hydrogen) atoms. The van der Waals surface area contributed by atoms with E-state index < -0.39 is 46.8 Å². The van der Waals surface area contributed by atoms with Crippen molar-refractivity contribution in [3.05, 3.63) is 135 Å². The summed E-state index contributed by atoms with van der Waals surface area (Å²) >= 11 is 9.69. The predicted octanol–water partition coefficient (Wildman–Crippen LogP) is 7.31. The van der Waals surface area contributed by atoms with Crippen LogP contribution in [0.3, 0.4) is 0 Å². The Balaban J connectivity index is 1.33. The molecule has 4 amide bonds. The highest BCUT2D eigenvalue weighted by Gasteiger charge is 2.70. The Hall–Kier alpha value is -4.73. The van der Waals surface area contributed by atoms with Crippen LogP contribution in [-0.2, 0) is 24.6 Å². The van der Waals surface area contributed by atoms with Crippen LogP contribution in [-0.4, -0.2) is 33.7 Å². The van der Waals surface area contributed by atoms with Gasteiger partial charge in [-0.2, -0.15) is 5.01 Å². The van der Waals surface area contributed by atoms with Crippen molar-refractivity contribution in [3.8, 4) is 5.75 Å². The Morgan fingerprint density at radius 2 is 1.57 bits per heavy atom. The minimum absolute atomic E-state index is 0.0345. The average Bonchev–Trinajstić information content (AvgIpc) is 3.48. The number of carbonyl (C=O) groups is 4. The minimum atomic E-state index is -1.47. The molecule has 6 atom stereocenters. The number of hydrogen-bond donors (Lipinski definition) is 2. The lowest BCUT2D eigenvalue weighted by molar-refractivity contribution is -0.138. The second-order valence-corrected chi connectivity index (χ2v) is 14.6. The Bertz CT molecular complexity index is 2070. The van der Waals surface area contributed by atoms with Gasteiger partial charge in [-0.15, -0.1) is 0 Å². The molecule has 2 aliphatic heterocycles. The van der Waals surface area contributed by atoms with Crippen molar-refractivity contribution in [2.24, 2.45) is 23.7 Å². The van der Waals surface area contributed by atoms with Crippen molar-refractivity contribution >= 4 is 62.5 Å². The van der Waals surface area contributed by atoms with Gasteiger partial charge in [0.1, 0.15) is 5.75 Å². The number of halogens is 2. The Kier molecular flexibility index (Phi) is 7.53. The number of rotatable bonds is 5. The summed E-state index contributed by atoms with van der Waals surface area (Å²) in [5, 5.41) is 13.1. The number of anilines is 2. The lowest BCUT2D eigenvalue weighted by Crippen LogP contribution is -2.53. The molecule has 0 radical (unpaired) electrons. The molecule has 4 aromatic rings. The van der Waals surface area contributed by atoms with Crippen molar-refractivity contribution in [2.75, 3.05) is 10.3 Å². The fraction of sp³-hybridized carbons (Fsp3) is 0.231. The van der Waals surface area contributed by atoms with Crippen molar-refractivity contribution in [3.63, 3.8) is 0 Å². The van der Waals surface area contributed by atoms with Crippen LogP contribution in [0, 0.1) is 30.6 Å². The number of hydrogen-bond acceptors (Lipinski definition) is 6. The first-order valence-corrected chi connectivity index (χ1v) is 17.4. The van der Waals surface area contributed by atoms with Crippen molar-refractivity contribution < 1.29 is 24.3 Å². The van der Waals surface area contributed by atoms with Gasteiger partial charge in [-0.05, 0) is 85.8 Å². The summed E-state index contributed by atoms with van der Waals surface area (Å²) in [6, 6.07) is 28.3. The lowest BCUT2D eigenvalue weighted by atomic mass is 9.49. The Morgan fingerprint density at radius 3 is 2.29 bits per heavy atom. The second kappa shape index (κ2) is 11.7. The predicted molar refractivity (Wildman–Crippen MR) is 189 cm³/mol. The number of fused-ring (bicyclic) bond motifs is 4. The zero-order valence-electron chi connectivity index (χ0n) is 26.3. The summed E-state index contributed by atoms with van der Waals surface area (Å²) in [6.45, 7) is 1.95. The largest absolute Gasteiger partial charge is 0.508 e. The van der Waals surface area contributed by atoms with Crippen molar-refractivity contribution in [1.82, 2.24) is 5.01 Å². The van der Waals surface area contributed by atoms with E-state index in [0.717, 1.165) is 16.1 Å². The number of allylic oxidation sites excluding steroid dienone is 2. The molecule has 8 nitrogen and oxygen atoms in total. The summed E-state index contributed by atoms with van der Waals surface area (Å²) < 4.78 is 0.684. The molecule has 3 fully saturated rings. The van der Waals surface area contributed by atoms with E-state index in [0.29, 0.717) is 32.0 Å². The van der Waals surface area contributed by atoms with Gasteiger partial charge in [-0.3, -0.25) is 29.5 Å². The molecule has 0 aromatic heterocycles. The highest BCUT2D eigenvalue weighted by atomic mass is 79.9. The van der Waals surface area contributed by atoms with Gasteiger partial charge >= 0.3 is 0 Å². The molecule has 1 saturated carbocycles. The van der Waals surface area contributed by atoms with E-state index in [-0.39, 0.29) is 30.4 Å². The molecule has 8 rings (SSSR count). The van der Waals surface area contributed by atoms with Gasteiger partial charge in [-0.1, -0.05) is 87.2 Å². The van der Waals surface area contributed by atoms with E-state index in [1.807, 2.05) is 67.6 Å². The zero-order valence-corrected chi connectivity index (χ0v) is 28.7. The first-order chi connectivity index (χ1) is 23.6. The molecule has 10 heteroatoms.